The predicted molar refractivity (Wildman–Crippen MR) is 140 cm³/mol. The highest BCUT2D eigenvalue weighted by Crippen LogP contribution is 2.37. The van der Waals surface area contributed by atoms with Gasteiger partial charge in [-0.15, -0.1) is 0 Å². The number of hydrogen-bond donors (Lipinski definition) is 2. The Hall–Kier alpha value is -3.51. The Balaban J connectivity index is 1.61. The number of nitrogens with one attached hydrogen (secondary N) is 1. The topological polar surface area (TPSA) is 115 Å². The Kier molecular flexibility index (Phi) is 8.55. The van der Waals surface area contributed by atoms with Gasteiger partial charge in [0, 0.05) is 61.4 Å². The molecule has 1 fully saturated rings. The summed E-state index contributed by atoms with van der Waals surface area (Å²) in [7, 11) is 1.73. The van der Waals surface area contributed by atoms with Gasteiger partial charge in [-0.1, -0.05) is 25.4 Å². The minimum atomic E-state index is -3.10. The van der Waals surface area contributed by atoms with Gasteiger partial charge in [-0.3, -0.25) is 19.0 Å². The van der Waals surface area contributed by atoms with Crippen molar-refractivity contribution in [1.82, 2.24) is 24.5 Å². The molecule has 13 heteroatoms. The van der Waals surface area contributed by atoms with E-state index in [1.54, 1.807) is 35.0 Å². The van der Waals surface area contributed by atoms with E-state index >= 15 is 0 Å². The molecule has 0 unspecified atom stereocenters. The number of aliphatic carboxylic acids is 1. The van der Waals surface area contributed by atoms with Crippen molar-refractivity contribution in [2.75, 3.05) is 25.0 Å². The molecule has 0 spiro atoms. The number of likely N-dealkylation sites (tertiary alicyclic amines) is 1. The van der Waals surface area contributed by atoms with E-state index in [1.807, 2.05) is 24.8 Å². The van der Waals surface area contributed by atoms with Crippen LogP contribution in [0.3, 0.4) is 0 Å². The number of carboxylic acids is 1. The minimum absolute atomic E-state index is 0.0606. The second-order valence-electron chi connectivity index (χ2n) is 9.97. The number of ether oxygens (including phenoxy) is 1. The molecule has 10 nitrogen and oxygen atoms in total. The van der Waals surface area contributed by atoms with Crippen molar-refractivity contribution >= 4 is 29.2 Å². The van der Waals surface area contributed by atoms with Crippen molar-refractivity contribution in [2.45, 2.75) is 50.7 Å². The molecule has 3 aromatic rings. The number of rotatable bonds is 10. The Morgan fingerprint density at radius 3 is 2.51 bits per heavy atom. The number of benzene rings is 1. The van der Waals surface area contributed by atoms with Gasteiger partial charge in [0.1, 0.15) is 5.54 Å². The lowest BCUT2D eigenvalue weighted by molar-refractivity contribution is -0.140. The van der Waals surface area contributed by atoms with Crippen molar-refractivity contribution in [2.24, 2.45) is 7.05 Å². The number of aryl methyl sites for hydroxylation is 1. The summed E-state index contributed by atoms with van der Waals surface area (Å²) < 4.78 is 34.0. The fourth-order valence-electron chi connectivity index (χ4n) is 4.98. The lowest BCUT2D eigenvalue weighted by Gasteiger charge is -2.42. The van der Waals surface area contributed by atoms with Crippen LogP contribution in [-0.2, 0) is 22.2 Å². The van der Waals surface area contributed by atoms with Crippen molar-refractivity contribution < 1.29 is 28.2 Å². The fraction of sp³-hybridized carbons (Fsp3) is 0.462. The quantitative estimate of drug-likeness (QED) is 0.377. The Bertz CT molecular complexity index is 1320. The van der Waals surface area contributed by atoms with Gasteiger partial charge in [-0.05, 0) is 37.0 Å². The average Bonchev–Trinajstić information content (AvgIpc) is 3.54. The van der Waals surface area contributed by atoms with E-state index in [0.717, 1.165) is 5.69 Å². The van der Waals surface area contributed by atoms with Crippen LogP contribution in [0.4, 0.5) is 14.5 Å². The first kappa shape index (κ1) is 28.5. The molecule has 4 rings (SSSR count). The zero-order valence-electron chi connectivity index (χ0n) is 21.9. The number of nitrogens with zero attached hydrogens (tertiary/aromatic N) is 5. The summed E-state index contributed by atoms with van der Waals surface area (Å²) in [5.41, 5.74) is 0.363. The Morgan fingerprint density at radius 2 is 1.92 bits per heavy atom. The van der Waals surface area contributed by atoms with Crippen LogP contribution in [0.5, 0.6) is 5.75 Å². The van der Waals surface area contributed by atoms with Gasteiger partial charge in [0.2, 0.25) is 0 Å². The van der Waals surface area contributed by atoms with Crippen LogP contribution in [0, 0.1) is 0 Å². The molecule has 39 heavy (non-hydrogen) atoms. The normalized spacial score (nSPS) is 16.4. The summed E-state index contributed by atoms with van der Waals surface area (Å²) in [6.07, 6.45) is 5.50. The Labute approximate surface area is 229 Å². The van der Waals surface area contributed by atoms with Crippen LogP contribution in [-0.4, -0.2) is 67.7 Å². The third-order valence-electron chi connectivity index (χ3n) is 7.05. The van der Waals surface area contributed by atoms with E-state index < -0.39 is 29.9 Å². The number of hydrogen-bond acceptors (Lipinski definition) is 6. The van der Waals surface area contributed by atoms with Gasteiger partial charge in [0.05, 0.1) is 17.8 Å². The van der Waals surface area contributed by atoms with E-state index in [4.69, 9.17) is 11.6 Å². The zero-order chi connectivity index (χ0) is 28.3. The molecule has 1 aromatic carbocycles. The lowest BCUT2D eigenvalue weighted by Crippen LogP contribution is -2.54. The Morgan fingerprint density at radius 1 is 1.21 bits per heavy atom. The molecule has 1 saturated heterocycles. The average molecular weight is 565 g/mol. The number of halogens is 3. The van der Waals surface area contributed by atoms with E-state index in [2.05, 4.69) is 20.3 Å². The van der Waals surface area contributed by atoms with Gasteiger partial charge in [0.25, 0.3) is 5.91 Å². The standard InChI is InChI=1S/C26H31ClF2N6O4/c1-16(2)21-6-9-30-35(21)26(24(38)32-20-5-4-18(27)12-22(20)39-25(28)29)7-10-34(11-8-26)15-19(23(36)37)17-13-31-33(3)14-17/h4-6,9,12-14,16,19,25H,7-8,10-11,15H2,1-3H3,(H,32,38)(H,36,37)/t19-/m1/s1. The summed E-state index contributed by atoms with van der Waals surface area (Å²) in [4.78, 5) is 28.0. The molecule has 1 amide bonds. The number of aromatic nitrogens is 4. The van der Waals surface area contributed by atoms with Crippen molar-refractivity contribution in [1.29, 1.82) is 0 Å². The second-order valence-corrected chi connectivity index (χ2v) is 10.4. The predicted octanol–water partition coefficient (Wildman–Crippen LogP) is 4.29. The smallest absolute Gasteiger partial charge is 0.387 e. The number of carbonyl (C=O) groups is 2. The van der Waals surface area contributed by atoms with Crippen molar-refractivity contribution in [3.63, 3.8) is 0 Å². The van der Waals surface area contributed by atoms with Gasteiger partial charge in [-0.25, -0.2) is 0 Å². The van der Waals surface area contributed by atoms with Gasteiger partial charge < -0.3 is 20.1 Å². The summed E-state index contributed by atoms with van der Waals surface area (Å²) in [5, 5.41) is 21.4. The SMILES string of the molecule is CC(C)c1ccnn1C1(C(=O)Nc2ccc(Cl)cc2OC(F)F)CCN(C[C@@H](C(=O)O)c2cnn(C)c2)CC1. The van der Waals surface area contributed by atoms with Crippen LogP contribution in [0.1, 0.15) is 49.8 Å². The number of amides is 1. The van der Waals surface area contributed by atoms with Crippen LogP contribution >= 0.6 is 11.6 Å². The monoisotopic (exact) mass is 564 g/mol. The molecular formula is C26H31ClF2N6O4. The molecular weight excluding hydrogens is 534 g/mol. The van der Waals surface area contributed by atoms with Crippen LogP contribution in [0.25, 0.3) is 0 Å². The summed E-state index contributed by atoms with van der Waals surface area (Å²) in [6.45, 7) is 1.96. The summed E-state index contributed by atoms with van der Waals surface area (Å²) in [6, 6.07) is 5.96. The fourth-order valence-corrected chi connectivity index (χ4v) is 5.15. The maximum atomic E-state index is 14.0. The summed E-state index contributed by atoms with van der Waals surface area (Å²) in [5.74, 6) is -2.36. The zero-order valence-corrected chi connectivity index (χ0v) is 22.6. The second kappa shape index (κ2) is 11.7. The number of anilines is 1. The minimum Gasteiger partial charge on any atom is -0.481 e. The maximum Gasteiger partial charge on any atom is 0.387 e. The van der Waals surface area contributed by atoms with Crippen LogP contribution < -0.4 is 10.1 Å². The van der Waals surface area contributed by atoms with E-state index in [-0.39, 0.29) is 28.9 Å². The molecule has 0 radical (unpaired) electrons. The first-order valence-electron chi connectivity index (χ1n) is 12.5. The van der Waals surface area contributed by atoms with E-state index in [1.165, 1.54) is 18.2 Å². The number of piperidine rings is 1. The number of alkyl halides is 2. The molecule has 0 aliphatic carbocycles. The first-order chi connectivity index (χ1) is 18.5. The van der Waals surface area contributed by atoms with Crippen molar-refractivity contribution in [3.05, 3.63) is 59.1 Å². The van der Waals surface area contributed by atoms with Crippen molar-refractivity contribution in [3.8, 4) is 5.75 Å². The molecule has 2 aromatic heterocycles. The van der Waals surface area contributed by atoms with E-state index in [0.29, 0.717) is 31.5 Å². The first-order valence-corrected chi connectivity index (χ1v) is 12.9. The highest BCUT2D eigenvalue weighted by molar-refractivity contribution is 6.30. The number of carboxylic acid groups (broad SMARTS) is 1. The maximum absolute atomic E-state index is 14.0. The molecule has 210 valence electrons. The van der Waals surface area contributed by atoms with Gasteiger partial charge in [-0.2, -0.15) is 19.0 Å². The highest BCUT2D eigenvalue weighted by Gasteiger charge is 2.46. The molecule has 3 heterocycles. The molecule has 1 atom stereocenters. The van der Waals surface area contributed by atoms with Gasteiger partial charge in [0.15, 0.2) is 5.75 Å². The third-order valence-corrected chi connectivity index (χ3v) is 7.28. The van der Waals surface area contributed by atoms with E-state index in [9.17, 15) is 23.5 Å². The molecule has 0 bridgehead atoms. The third kappa shape index (κ3) is 6.22. The largest absolute Gasteiger partial charge is 0.481 e. The highest BCUT2D eigenvalue weighted by atomic mass is 35.5. The van der Waals surface area contributed by atoms with Gasteiger partial charge >= 0.3 is 12.6 Å². The summed E-state index contributed by atoms with van der Waals surface area (Å²) >= 11 is 5.97. The van der Waals surface area contributed by atoms with Crippen LogP contribution in [0.15, 0.2) is 42.9 Å². The molecule has 2 N–H and O–H groups in total. The molecule has 0 saturated carbocycles. The molecule has 1 aliphatic rings. The lowest BCUT2D eigenvalue weighted by atomic mass is 9.85. The van der Waals surface area contributed by atoms with Crippen LogP contribution in [0.2, 0.25) is 5.02 Å². The number of carbonyl (C=O) groups excluding carboxylic acids is 1. The molecule has 1 aliphatic heterocycles.